The molecule has 0 unspecified atom stereocenters. The van der Waals surface area contributed by atoms with E-state index in [0.717, 1.165) is 25.3 Å². The van der Waals surface area contributed by atoms with Gasteiger partial charge in [0.2, 0.25) is 0 Å². The molecule has 0 spiro atoms. The molecule has 1 aliphatic carbocycles. The molecular formula is C15H22O4. The second-order valence-electron chi connectivity index (χ2n) is 5.19. The fourth-order valence-electron chi connectivity index (χ4n) is 2.18. The maximum atomic E-state index is 10.7. The molecule has 0 amide bonds. The van der Waals surface area contributed by atoms with Gasteiger partial charge < -0.3 is 15.3 Å². The van der Waals surface area contributed by atoms with E-state index in [9.17, 15) is 15.0 Å². The van der Waals surface area contributed by atoms with Crippen LogP contribution in [-0.2, 0) is 4.79 Å². The molecule has 1 aliphatic rings. The van der Waals surface area contributed by atoms with E-state index in [4.69, 9.17) is 5.11 Å². The number of carbonyl (C=O) groups is 1. The summed E-state index contributed by atoms with van der Waals surface area (Å²) in [6, 6.07) is 0. The van der Waals surface area contributed by atoms with Gasteiger partial charge in [-0.15, -0.1) is 0 Å². The van der Waals surface area contributed by atoms with Crippen LogP contribution in [0.4, 0.5) is 0 Å². The van der Waals surface area contributed by atoms with Gasteiger partial charge in [0.1, 0.15) is 12.2 Å². The number of aliphatic carboxylic acids is 1. The van der Waals surface area contributed by atoms with Gasteiger partial charge in [-0.2, -0.15) is 0 Å². The molecule has 19 heavy (non-hydrogen) atoms. The number of carboxylic acid groups (broad SMARTS) is 1. The minimum Gasteiger partial charge on any atom is -0.478 e. The lowest BCUT2D eigenvalue weighted by Gasteiger charge is -2.27. The average molecular weight is 266 g/mol. The number of rotatable bonds is 5. The molecule has 0 saturated heterocycles. The molecule has 0 heterocycles. The van der Waals surface area contributed by atoms with Gasteiger partial charge >= 0.3 is 5.97 Å². The molecule has 4 nitrogen and oxygen atoms in total. The van der Waals surface area contributed by atoms with Gasteiger partial charge in [0, 0.05) is 5.57 Å². The van der Waals surface area contributed by atoms with Gasteiger partial charge in [-0.3, -0.25) is 0 Å². The van der Waals surface area contributed by atoms with Crippen LogP contribution in [0.15, 0.2) is 35.5 Å². The molecule has 0 saturated carbocycles. The Morgan fingerprint density at radius 3 is 2.63 bits per heavy atom. The van der Waals surface area contributed by atoms with Gasteiger partial charge in [0.25, 0.3) is 0 Å². The minimum atomic E-state index is -1.23. The molecule has 0 aromatic heterocycles. The topological polar surface area (TPSA) is 77.8 Å². The van der Waals surface area contributed by atoms with E-state index in [1.165, 1.54) is 12.5 Å². The summed E-state index contributed by atoms with van der Waals surface area (Å²) in [5.74, 6) is -0.958. The highest BCUT2D eigenvalue weighted by Gasteiger charge is 2.25. The van der Waals surface area contributed by atoms with Crippen molar-refractivity contribution < 1.29 is 20.1 Å². The number of aliphatic hydroxyl groups excluding tert-OH is 2. The van der Waals surface area contributed by atoms with Crippen LogP contribution in [0, 0.1) is 5.92 Å². The number of allylic oxidation sites excluding steroid dienone is 2. The molecule has 0 aromatic rings. The number of hydrogen-bond donors (Lipinski definition) is 3. The summed E-state index contributed by atoms with van der Waals surface area (Å²) in [6.45, 7) is 7.32. The summed E-state index contributed by atoms with van der Waals surface area (Å²) >= 11 is 0. The molecule has 1 rings (SSSR count). The molecule has 106 valence electrons. The van der Waals surface area contributed by atoms with E-state index in [-0.39, 0.29) is 11.5 Å². The Hall–Kier alpha value is -1.39. The van der Waals surface area contributed by atoms with E-state index in [2.05, 4.69) is 19.6 Å². The zero-order valence-electron chi connectivity index (χ0n) is 11.5. The standard InChI is InChI=1S/C15H22O4/c1-9-4-6-12(7-5-9)11(3)14(17)13(16)8-10(2)15(18)19/h4,8,12-14,16-17H,3,5-7H2,1-2H3,(H,18,19)/b10-8+/t12-,13-,14-/m0/s1. The van der Waals surface area contributed by atoms with Crippen molar-refractivity contribution in [3.63, 3.8) is 0 Å². The van der Waals surface area contributed by atoms with Crippen LogP contribution in [0.25, 0.3) is 0 Å². The first kappa shape index (κ1) is 15.7. The fourth-order valence-corrected chi connectivity index (χ4v) is 2.18. The summed E-state index contributed by atoms with van der Waals surface area (Å²) in [6.07, 6.45) is 3.62. The highest BCUT2D eigenvalue weighted by molar-refractivity contribution is 5.85. The van der Waals surface area contributed by atoms with Crippen LogP contribution >= 0.6 is 0 Å². The van der Waals surface area contributed by atoms with E-state index in [0.29, 0.717) is 5.57 Å². The van der Waals surface area contributed by atoms with Crippen molar-refractivity contribution in [2.45, 2.75) is 45.3 Å². The number of carboxylic acids is 1. The van der Waals surface area contributed by atoms with Crippen LogP contribution in [0.2, 0.25) is 0 Å². The van der Waals surface area contributed by atoms with Crippen molar-refractivity contribution in [2.75, 3.05) is 0 Å². The van der Waals surface area contributed by atoms with Gasteiger partial charge in [-0.05, 0) is 50.7 Å². The molecule has 0 aromatic carbocycles. The summed E-state index contributed by atoms with van der Waals surface area (Å²) in [5, 5.41) is 28.6. The lowest BCUT2D eigenvalue weighted by atomic mass is 9.82. The highest BCUT2D eigenvalue weighted by atomic mass is 16.4. The third-order valence-electron chi connectivity index (χ3n) is 3.62. The molecule has 4 heteroatoms. The molecule has 0 radical (unpaired) electrons. The Kier molecular flexibility index (Phi) is 5.51. The Morgan fingerprint density at radius 2 is 2.16 bits per heavy atom. The molecular weight excluding hydrogens is 244 g/mol. The number of aliphatic hydroxyl groups is 2. The Bertz CT molecular complexity index is 420. The third kappa shape index (κ3) is 4.33. The van der Waals surface area contributed by atoms with Gasteiger partial charge in [0.15, 0.2) is 0 Å². The minimum absolute atomic E-state index is 0.0127. The largest absolute Gasteiger partial charge is 0.478 e. The second-order valence-corrected chi connectivity index (χ2v) is 5.19. The van der Waals surface area contributed by atoms with Crippen molar-refractivity contribution in [3.05, 3.63) is 35.5 Å². The van der Waals surface area contributed by atoms with Crippen molar-refractivity contribution in [1.29, 1.82) is 0 Å². The van der Waals surface area contributed by atoms with Crippen molar-refractivity contribution in [3.8, 4) is 0 Å². The predicted octanol–water partition coefficient (Wildman–Crippen LogP) is 2.04. The first-order valence-corrected chi connectivity index (χ1v) is 6.45. The zero-order valence-corrected chi connectivity index (χ0v) is 11.5. The maximum absolute atomic E-state index is 10.7. The van der Waals surface area contributed by atoms with E-state index < -0.39 is 18.2 Å². The number of hydrogen-bond acceptors (Lipinski definition) is 3. The van der Waals surface area contributed by atoms with E-state index in [1.54, 1.807) is 0 Å². The molecule has 0 bridgehead atoms. The van der Waals surface area contributed by atoms with Crippen LogP contribution < -0.4 is 0 Å². The highest BCUT2D eigenvalue weighted by Crippen LogP contribution is 2.30. The monoisotopic (exact) mass is 266 g/mol. The molecule has 3 atom stereocenters. The van der Waals surface area contributed by atoms with E-state index in [1.807, 2.05) is 0 Å². The quantitative estimate of drug-likeness (QED) is 0.525. The summed E-state index contributed by atoms with van der Waals surface area (Å²) in [7, 11) is 0. The summed E-state index contributed by atoms with van der Waals surface area (Å²) < 4.78 is 0. The van der Waals surface area contributed by atoms with Crippen molar-refractivity contribution in [2.24, 2.45) is 5.92 Å². The van der Waals surface area contributed by atoms with Gasteiger partial charge in [-0.25, -0.2) is 4.79 Å². The van der Waals surface area contributed by atoms with E-state index >= 15 is 0 Å². The van der Waals surface area contributed by atoms with Gasteiger partial charge in [0.05, 0.1) is 0 Å². The predicted molar refractivity (Wildman–Crippen MR) is 73.6 cm³/mol. The fraction of sp³-hybridized carbons (Fsp3) is 0.533. The first-order chi connectivity index (χ1) is 8.82. The average Bonchev–Trinajstić information content (AvgIpc) is 2.37. The Labute approximate surface area is 113 Å². The van der Waals surface area contributed by atoms with Crippen molar-refractivity contribution >= 4 is 5.97 Å². The summed E-state index contributed by atoms with van der Waals surface area (Å²) in [4.78, 5) is 10.7. The third-order valence-corrected chi connectivity index (χ3v) is 3.62. The first-order valence-electron chi connectivity index (χ1n) is 6.45. The second kappa shape index (κ2) is 6.68. The smallest absolute Gasteiger partial charge is 0.331 e. The Balaban J connectivity index is 2.67. The van der Waals surface area contributed by atoms with Crippen LogP contribution in [0.1, 0.15) is 33.1 Å². The summed E-state index contributed by atoms with van der Waals surface area (Å²) in [5.41, 5.74) is 1.92. The lowest BCUT2D eigenvalue weighted by molar-refractivity contribution is -0.132. The SMILES string of the molecule is C=C([C@H]1CC=C(C)CC1)[C@H](O)[C@@H](O)/C=C(\C)C(=O)O. The molecule has 0 fully saturated rings. The normalized spacial score (nSPS) is 23.5. The lowest BCUT2D eigenvalue weighted by Crippen LogP contribution is -2.30. The van der Waals surface area contributed by atoms with Crippen LogP contribution in [-0.4, -0.2) is 33.5 Å². The van der Waals surface area contributed by atoms with Crippen LogP contribution in [0.3, 0.4) is 0 Å². The maximum Gasteiger partial charge on any atom is 0.331 e. The van der Waals surface area contributed by atoms with Crippen LogP contribution in [0.5, 0.6) is 0 Å². The molecule has 0 aliphatic heterocycles. The zero-order chi connectivity index (χ0) is 14.6. The van der Waals surface area contributed by atoms with Crippen molar-refractivity contribution in [1.82, 2.24) is 0 Å². The molecule has 3 N–H and O–H groups in total. The van der Waals surface area contributed by atoms with Gasteiger partial charge in [-0.1, -0.05) is 18.2 Å². The Morgan fingerprint density at radius 1 is 1.53 bits per heavy atom.